The molecule has 8 nitrogen and oxygen atoms in total. The summed E-state index contributed by atoms with van der Waals surface area (Å²) >= 11 is 0. The molecule has 0 saturated heterocycles. The van der Waals surface area contributed by atoms with Crippen LogP contribution in [0.15, 0.2) is 30.3 Å². The average Bonchev–Trinajstić information content (AvgIpc) is 3.45. The Hall–Kier alpha value is -2.90. The largest absolute Gasteiger partial charge is 0.481 e. The molecule has 0 bridgehead atoms. The van der Waals surface area contributed by atoms with Crippen LogP contribution in [-0.2, 0) is 35.3 Å². The van der Waals surface area contributed by atoms with Gasteiger partial charge in [0.1, 0.15) is 6.61 Å². The molecule has 0 spiro atoms. The number of carbonyl (C=O) groups is 4. The van der Waals surface area contributed by atoms with Crippen LogP contribution >= 0.6 is 0 Å². The van der Waals surface area contributed by atoms with Gasteiger partial charge in [-0.1, -0.05) is 56.5 Å². The molecule has 0 heterocycles. The lowest BCUT2D eigenvalue weighted by atomic mass is 9.75. The highest BCUT2D eigenvalue weighted by Gasteiger charge is 2.44. The highest BCUT2D eigenvalue weighted by atomic mass is 16.5. The first-order valence-corrected chi connectivity index (χ1v) is 15.2. The van der Waals surface area contributed by atoms with Crippen molar-refractivity contribution in [3.63, 3.8) is 0 Å². The van der Waals surface area contributed by atoms with Gasteiger partial charge >= 0.3 is 17.9 Å². The second kappa shape index (κ2) is 16.4. The summed E-state index contributed by atoms with van der Waals surface area (Å²) in [6.45, 7) is 2.60. The third-order valence-electron chi connectivity index (χ3n) is 8.59. The minimum absolute atomic E-state index is 0.00572. The molecule has 40 heavy (non-hydrogen) atoms. The molecule has 2 saturated carbocycles. The monoisotopic (exact) mass is 557 g/mol. The first kappa shape index (κ1) is 31.6. The summed E-state index contributed by atoms with van der Waals surface area (Å²) in [7, 11) is 0. The number of carbonyl (C=O) groups excluding carboxylic acids is 3. The number of rotatable bonds is 16. The number of benzene rings is 1. The minimum atomic E-state index is -0.867. The number of nitrogens with one attached hydrogen (secondary N) is 1. The molecular weight excluding hydrogens is 510 g/mol. The van der Waals surface area contributed by atoms with Gasteiger partial charge in [0.15, 0.2) is 0 Å². The second-order valence-electron chi connectivity index (χ2n) is 11.7. The van der Waals surface area contributed by atoms with Gasteiger partial charge in [0.2, 0.25) is 5.91 Å². The lowest BCUT2D eigenvalue weighted by molar-refractivity contribution is -0.151. The first-order valence-electron chi connectivity index (χ1n) is 15.2. The van der Waals surface area contributed by atoms with E-state index < -0.39 is 17.3 Å². The molecule has 0 aliphatic heterocycles. The zero-order chi connectivity index (χ0) is 28.8. The first-order chi connectivity index (χ1) is 19.3. The number of hydrogen-bond acceptors (Lipinski definition) is 6. The molecule has 2 aliphatic carbocycles. The molecule has 0 radical (unpaired) electrons. The Kier molecular flexibility index (Phi) is 13.0. The van der Waals surface area contributed by atoms with Crippen LogP contribution in [-0.4, -0.2) is 41.6 Å². The van der Waals surface area contributed by atoms with Gasteiger partial charge in [-0.3, -0.25) is 19.2 Å². The van der Waals surface area contributed by atoms with Crippen molar-refractivity contribution in [2.75, 3.05) is 6.61 Å². The van der Waals surface area contributed by atoms with Crippen LogP contribution in [0.4, 0.5) is 0 Å². The fourth-order valence-electron chi connectivity index (χ4n) is 6.09. The van der Waals surface area contributed by atoms with Gasteiger partial charge < -0.3 is 19.9 Å². The standard InChI is InChI=1S/C32H47NO7/c1-2-3-14-28(34)39-21-10-7-13-26(29(35)36)22-32(19-8-9-20-32)31(38)33-27-17-15-25(16-18-27)30(37)40-23-24-11-5-4-6-12-24/h4-6,11-12,25-27H,2-3,7-10,13-23H2,1H3,(H,33,38)(H,35,36). The highest BCUT2D eigenvalue weighted by Crippen LogP contribution is 2.45. The van der Waals surface area contributed by atoms with E-state index in [1.54, 1.807) is 0 Å². The lowest BCUT2D eigenvalue weighted by Crippen LogP contribution is -2.47. The van der Waals surface area contributed by atoms with E-state index >= 15 is 0 Å². The predicted molar refractivity (Wildman–Crippen MR) is 151 cm³/mol. The van der Waals surface area contributed by atoms with Gasteiger partial charge in [0.05, 0.1) is 23.9 Å². The van der Waals surface area contributed by atoms with Gasteiger partial charge in [0.25, 0.3) is 0 Å². The van der Waals surface area contributed by atoms with Crippen molar-refractivity contribution in [1.82, 2.24) is 5.32 Å². The number of aliphatic carboxylic acids is 1. The normalized spacial score (nSPS) is 20.8. The summed E-state index contributed by atoms with van der Waals surface area (Å²) in [6, 6.07) is 9.62. The maximum absolute atomic E-state index is 13.6. The number of carboxylic acid groups (broad SMARTS) is 1. The molecular formula is C32H47NO7. The summed E-state index contributed by atoms with van der Waals surface area (Å²) in [6.07, 6.45) is 10.3. The van der Waals surface area contributed by atoms with Crippen LogP contribution in [0.5, 0.6) is 0 Å². The third-order valence-corrected chi connectivity index (χ3v) is 8.59. The zero-order valence-electron chi connectivity index (χ0n) is 24.0. The number of esters is 2. The Bertz CT molecular complexity index is 949. The molecule has 1 unspecified atom stereocenters. The summed E-state index contributed by atoms with van der Waals surface area (Å²) in [4.78, 5) is 49.9. The number of amides is 1. The summed E-state index contributed by atoms with van der Waals surface area (Å²) in [5.41, 5.74) is 0.311. The zero-order valence-corrected chi connectivity index (χ0v) is 24.0. The van der Waals surface area contributed by atoms with Gasteiger partial charge in [0, 0.05) is 12.5 Å². The van der Waals surface area contributed by atoms with Crippen LogP contribution in [0.1, 0.15) is 109 Å². The lowest BCUT2D eigenvalue weighted by Gasteiger charge is -2.34. The molecule has 1 atom stereocenters. The molecule has 0 aromatic heterocycles. The maximum atomic E-state index is 13.6. The Balaban J connectivity index is 1.43. The third kappa shape index (κ3) is 9.93. The number of unbranched alkanes of at least 4 members (excludes halogenated alkanes) is 2. The van der Waals surface area contributed by atoms with E-state index in [0.717, 1.165) is 31.2 Å². The molecule has 2 N–H and O–H groups in total. The predicted octanol–water partition coefficient (Wildman–Crippen LogP) is 5.96. The molecule has 2 fully saturated rings. The minimum Gasteiger partial charge on any atom is -0.481 e. The van der Waals surface area contributed by atoms with E-state index in [0.29, 0.717) is 77.2 Å². The van der Waals surface area contributed by atoms with E-state index in [4.69, 9.17) is 9.47 Å². The van der Waals surface area contributed by atoms with Gasteiger partial charge in [-0.05, 0) is 76.2 Å². The fraction of sp³-hybridized carbons (Fsp3) is 0.688. The summed E-state index contributed by atoms with van der Waals surface area (Å²) in [5, 5.41) is 13.2. The van der Waals surface area contributed by atoms with Crippen LogP contribution in [0.2, 0.25) is 0 Å². The molecule has 2 aliphatic rings. The number of hydrogen-bond donors (Lipinski definition) is 2. The summed E-state index contributed by atoms with van der Waals surface area (Å²) < 4.78 is 10.8. The van der Waals surface area contributed by atoms with E-state index in [1.807, 2.05) is 37.3 Å². The smallest absolute Gasteiger partial charge is 0.309 e. The van der Waals surface area contributed by atoms with Crippen molar-refractivity contribution in [3.05, 3.63) is 35.9 Å². The van der Waals surface area contributed by atoms with Gasteiger partial charge in [-0.2, -0.15) is 0 Å². The summed E-state index contributed by atoms with van der Waals surface area (Å²) in [5.74, 6) is -2.03. The molecule has 1 aromatic carbocycles. The highest BCUT2D eigenvalue weighted by molar-refractivity contribution is 5.84. The molecule has 3 rings (SSSR count). The van der Waals surface area contributed by atoms with Gasteiger partial charge in [-0.25, -0.2) is 0 Å². The molecule has 222 valence electrons. The quantitative estimate of drug-likeness (QED) is 0.190. The average molecular weight is 558 g/mol. The Labute approximate surface area is 238 Å². The molecule has 1 amide bonds. The van der Waals surface area contributed by atoms with Crippen molar-refractivity contribution < 1.29 is 33.8 Å². The van der Waals surface area contributed by atoms with Crippen molar-refractivity contribution in [3.8, 4) is 0 Å². The molecule has 8 heteroatoms. The van der Waals surface area contributed by atoms with Crippen LogP contribution in [0.3, 0.4) is 0 Å². The SMILES string of the molecule is CCCCC(=O)OCCCCC(CC1(C(=O)NC2CCC(C(=O)OCc3ccccc3)CC2)CCCC1)C(=O)O. The topological polar surface area (TPSA) is 119 Å². The van der Waals surface area contributed by atoms with Crippen molar-refractivity contribution in [2.24, 2.45) is 17.3 Å². The van der Waals surface area contributed by atoms with Gasteiger partial charge in [-0.15, -0.1) is 0 Å². The van der Waals surface area contributed by atoms with Crippen LogP contribution in [0, 0.1) is 17.3 Å². The molecule has 1 aromatic rings. The Morgan fingerprint density at radius 2 is 1.68 bits per heavy atom. The Morgan fingerprint density at radius 3 is 2.33 bits per heavy atom. The van der Waals surface area contributed by atoms with Crippen molar-refractivity contribution >= 4 is 23.8 Å². The second-order valence-corrected chi connectivity index (χ2v) is 11.7. The van der Waals surface area contributed by atoms with E-state index in [2.05, 4.69) is 5.32 Å². The van der Waals surface area contributed by atoms with Crippen molar-refractivity contribution in [1.29, 1.82) is 0 Å². The fourth-order valence-corrected chi connectivity index (χ4v) is 6.09. The Morgan fingerprint density at radius 1 is 0.975 bits per heavy atom. The van der Waals surface area contributed by atoms with Crippen LogP contribution in [0.25, 0.3) is 0 Å². The van der Waals surface area contributed by atoms with E-state index in [9.17, 15) is 24.3 Å². The number of carboxylic acids is 1. The van der Waals surface area contributed by atoms with Crippen LogP contribution < -0.4 is 5.32 Å². The maximum Gasteiger partial charge on any atom is 0.309 e. The van der Waals surface area contributed by atoms with Crippen molar-refractivity contribution in [2.45, 2.75) is 116 Å². The number of ether oxygens (including phenoxy) is 2. The van der Waals surface area contributed by atoms with E-state index in [-0.39, 0.29) is 36.4 Å². The van der Waals surface area contributed by atoms with E-state index in [1.165, 1.54) is 0 Å².